The van der Waals surface area contributed by atoms with E-state index in [4.69, 9.17) is 4.74 Å². The van der Waals surface area contributed by atoms with E-state index in [0.29, 0.717) is 30.1 Å². The highest BCUT2D eigenvalue weighted by Crippen LogP contribution is 2.28. The van der Waals surface area contributed by atoms with E-state index >= 15 is 0 Å². The fraction of sp³-hybridized carbons (Fsp3) is 0.579. The smallest absolute Gasteiger partial charge is 0.253 e. The Morgan fingerprint density at radius 1 is 1.08 bits per heavy atom. The molecule has 24 heavy (non-hydrogen) atoms. The van der Waals surface area contributed by atoms with Crippen LogP contribution in [0.25, 0.3) is 0 Å². The van der Waals surface area contributed by atoms with Crippen LogP contribution in [-0.2, 0) is 9.53 Å². The Balaban J connectivity index is 1.56. The number of hydrogen-bond acceptors (Lipinski definition) is 3. The standard InChI is InChI=1S/C19H26N2O3/c22-18(12-14-6-1-2-7-14)21-17-10-4-3-9-16(17)19(23)20-13-15-8-5-11-24-15/h3-4,9-10,14-15H,1-2,5-8,11-13H2,(H,20,23)(H,21,22). The normalized spacial score (nSPS) is 20.9. The van der Waals surface area contributed by atoms with Gasteiger partial charge >= 0.3 is 0 Å². The van der Waals surface area contributed by atoms with Crippen molar-refractivity contribution in [3.8, 4) is 0 Å². The SMILES string of the molecule is O=C(CC1CCCC1)Nc1ccccc1C(=O)NCC1CCCO1. The summed E-state index contributed by atoms with van der Waals surface area (Å²) in [5.41, 5.74) is 1.10. The largest absolute Gasteiger partial charge is 0.376 e. The maximum Gasteiger partial charge on any atom is 0.253 e. The third kappa shape index (κ3) is 4.57. The number of nitrogens with one attached hydrogen (secondary N) is 2. The van der Waals surface area contributed by atoms with Gasteiger partial charge in [0, 0.05) is 19.6 Å². The molecule has 1 unspecified atom stereocenters. The van der Waals surface area contributed by atoms with Crippen LogP contribution >= 0.6 is 0 Å². The number of ether oxygens (including phenoxy) is 1. The predicted octanol–water partition coefficient (Wildman–Crippen LogP) is 3.11. The van der Waals surface area contributed by atoms with Crippen LogP contribution in [0.2, 0.25) is 0 Å². The van der Waals surface area contributed by atoms with Gasteiger partial charge in [-0.25, -0.2) is 0 Å². The molecule has 130 valence electrons. The minimum absolute atomic E-state index is 0.00118. The molecule has 1 aromatic carbocycles. The van der Waals surface area contributed by atoms with Crippen LogP contribution in [-0.4, -0.2) is 31.1 Å². The van der Waals surface area contributed by atoms with Crippen LogP contribution in [0.4, 0.5) is 5.69 Å². The zero-order chi connectivity index (χ0) is 16.8. The van der Waals surface area contributed by atoms with Gasteiger partial charge < -0.3 is 15.4 Å². The van der Waals surface area contributed by atoms with Gasteiger partial charge in [-0.15, -0.1) is 0 Å². The number of carbonyl (C=O) groups is 2. The molecular formula is C19H26N2O3. The minimum atomic E-state index is -0.165. The Labute approximate surface area is 143 Å². The van der Waals surface area contributed by atoms with Gasteiger partial charge in [0.1, 0.15) is 0 Å². The van der Waals surface area contributed by atoms with E-state index in [1.54, 1.807) is 12.1 Å². The number of hydrogen-bond donors (Lipinski definition) is 2. The zero-order valence-corrected chi connectivity index (χ0v) is 14.1. The number of benzene rings is 1. The van der Waals surface area contributed by atoms with Gasteiger partial charge in [-0.05, 0) is 43.7 Å². The van der Waals surface area contributed by atoms with Crippen molar-refractivity contribution in [2.24, 2.45) is 5.92 Å². The first kappa shape index (κ1) is 17.0. The Morgan fingerprint density at radius 3 is 2.62 bits per heavy atom. The summed E-state index contributed by atoms with van der Waals surface area (Å²) in [6.45, 7) is 1.29. The summed E-state index contributed by atoms with van der Waals surface area (Å²) in [4.78, 5) is 24.7. The van der Waals surface area contributed by atoms with Crippen molar-refractivity contribution in [1.82, 2.24) is 5.32 Å². The molecular weight excluding hydrogens is 304 g/mol. The summed E-state index contributed by atoms with van der Waals surface area (Å²) in [5, 5.41) is 5.83. The van der Waals surface area contributed by atoms with Crippen LogP contribution in [0.3, 0.4) is 0 Å². The second kappa shape index (κ2) is 8.29. The Hall–Kier alpha value is -1.88. The second-order valence-corrected chi connectivity index (χ2v) is 6.79. The molecule has 1 saturated heterocycles. The molecule has 0 bridgehead atoms. The van der Waals surface area contributed by atoms with Crippen LogP contribution in [0.1, 0.15) is 55.3 Å². The molecule has 0 aromatic heterocycles. The minimum Gasteiger partial charge on any atom is -0.376 e. The van der Waals surface area contributed by atoms with Crippen molar-refractivity contribution in [3.05, 3.63) is 29.8 Å². The highest BCUT2D eigenvalue weighted by Gasteiger charge is 2.21. The summed E-state index contributed by atoms with van der Waals surface area (Å²) >= 11 is 0. The molecule has 2 fully saturated rings. The molecule has 1 aliphatic heterocycles. The monoisotopic (exact) mass is 330 g/mol. The lowest BCUT2D eigenvalue weighted by molar-refractivity contribution is -0.117. The van der Waals surface area contributed by atoms with Crippen LogP contribution in [0, 0.1) is 5.92 Å². The molecule has 0 spiro atoms. The number of amides is 2. The van der Waals surface area contributed by atoms with Crippen LogP contribution in [0.5, 0.6) is 0 Å². The number of carbonyl (C=O) groups excluding carboxylic acids is 2. The van der Waals surface area contributed by atoms with Gasteiger partial charge in [-0.2, -0.15) is 0 Å². The third-order valence-electron chi connectivity index (χ3n) is 4.91. The van der Waals surface area contributed by atoms with Crippen molar-refractivity contribution in [2.75, 3.05) is 18.5 Å². The average molecular weight is 330 g/mol. The van der Waals surface area contributed by atoms with E-state index in [2.05, 4.69) is 10.6 Å². The molecule has 0 radical (unpaired) electrons. The molecule has 1 saturated carbocycles. The summed E-state index contributed by atoms with van der Waals surface area (Å²) in [6, 6.07) is 7.18. The van der Waals surface area contributed by atoms with Crippen molar-refractivity contribution >= 4 is 17.5 Å². The van der Waals surface area contributed by atoms with Gasteiger partial charge in [0.15, 0.2) is 0 Å². The Kier molecular flexibility index (Phi) is 5.86. The molecule has 1 atom stereocenters. The summed E-state index contributed by atoms with van der Waals surface area (Å²) in [5.74, 6) is 0.328. The maximum atomic E-state index is 12.4. The number of para-hydroxylation sites is 1. The maximum absolute atomic E-state index is 12.4. The van der Waals surface area contributed by atoms with Gasteiger partial charge in [0.25, 0.3) is 5.91 Å². The molecule has 1 aliphatic carbocycles. The average Bonchev–Trinajstić information content (AvgIpc) is 3.26. The predicted molar refractivity (Wildman–Crippen MR) is 93.0 cm³/mol. The lowest BCUT2D eigenvalue weighted by Gasteiger charge is -2.14. The van der Waals surface area contributed by atoms with Crippen molar-refractivity contribution in [1.29, 1.82) is 0 Å². The van der Waals surface area contributed by atoms with Crippen LogP contribution in [0.15, 0.2) is 24.3 Å². The van der Waals surface area contributed by atoms with Gasteiger partial charge in [-0.3, -0.25) is 9.59 Å². The first-order valence-electron chi connectivity index (χ1n) is 9.01. The van der Waals surface area contributed by atoms with Crippen LogP contribution < -0.4 is 10.6 Å². The molecule has 5 nitrogen and oxygen atoms in total. The quantitative estimate of drug-likeness (QED) is 0.842. The molecule has 2 N–H and O–H groups in total. The number of rotatable bonds is 6. The second-order valence-electron chi connectivity index (χ2n) is 6.79. The van der Waals surface area contributed by atoms with E-state index in [1.807, 2.05) is 12.1 Å². The molecule has 1 heterocycles. The number of anilines is 1. The first-order chi connectivity index (χ1) is 11.7. The Bertz CT molecular complexity index is 576. The fourth-order valence-corrected chi connectivity index (χ4v) is 3.58. The summed E-state index contributed by atoms with van der Waals surface area (Å²) in [6.07, 6.45) is 7.41. The lowest BCUT2D eigenvalue weighted by Crippen LogP contribution is -2.32. The van der Waals surface area contributed by atoms with Crippen molar-refractivity contribution in [2.45, 2.75) is 51.0 Å². The van der Waals surface area contributed by atoms with E-state index in [9.17, 15) is 9.59 Å². The highest BCUT2D eigenvalue weighted by molar-refractivity contribution is 6.03. The molecule has 5 heteroatoms. The molecule has 3 rings (SSSR count). The van der Waals surface area contributed by atoms with Gasteiger partial charge in [0.2, 0.25) is 5.91 Å². The fourth-order valence-electron chi connectivity index (χ4n) is 3.58. The summed E-state index contributed by atoms with van der Waals surface area (Å²) < 4.78 is 5.52. The molecule has 1 aromatic rings. The third-order valence-corrected chi connectivity index (χ3v) is 4.91. The Morgan fingerprint density at radius 2 is 1.88 bits per heavy atom. The van der Waals surface area contributed by atoms with Gasteiger partial charge in [-0.1, -0.05) is 25.0 Å². The summed E-state index contributed by atoms with van der Waals surface area (Å²) in [7, 11) is 0. The topological polar surface area (TPSA) is 67.4 Å². The highest BCUT2D eigenvalue weighted by atomic mass is 16.5. The molecule has 2 aliphatic rings. The van der Waals surface area contributed by atoms with E-state index in [0.717, 1.165) is 32.3 Å². The first-order valence-corrected chi connectivity index (χ1v) is 9.01. The van der Waals surface area contributed by atoms with Gasteiger partial charge in [0.05, 0.1) is 17.4 Å². The van der Waals surface area contributed by atoms with Crippen molar-refractivity contribution < 1.29 is 14.3 Å². The van der Waals surface area contributed by atoms with Crippen molar-refractivity contribution in [3.63, 3.8) is 0 Å². The molecule has 2 amide bonds. The van der Waals surface area contributed by atoms with E-state index in [-0.39, 0.29) is 17.9 Å². The lowest BCUT2D eigenvalue weighted by atomic mass is 10.0. The zero-order valence-electron chi connectivity index (χ0n) is 14.1. The van der Waals surface area contributed by atoms with E-state index in [1.165, 1.54) is 12.8 Å². The van der Waals surface area contributed by atoms with E-state index < -0.39 is 0 Å².